The Bertz CT molecular complexity index is 1760. The zero-order valence-corrected chi connectivity index (χ0v) is 29.0. The Balaban J connectivity index is 1.07. The molecular weight excluding hydrogens is 655 g/mol. The summed E-state index contributed by atoms with van der Waals surface area (Å²) in [7, 11) is -5.23. The number of pyridine rings is 1. The zero-order chi connectivity index (χ0) is 34.9. The van der Waals surface area contributed by atoms with Crippen LogP contribution in [0.5, 0.6) is 11.6 Å². The van der Waals surface area contributed by atoms with Crippen molar-refractivity contribution < 1.29 is 30.8 Å². The first-order valence-electron chi connectivity index (χ1n) is 16.4. The van der Waals surface area contributed by atoms with E-state index in [1.807, 2.05) is 32.9 Å². The molecule has 3 aliphatic rings. The van der Waals surface area contributed by atoms with E-state index >= 15 is 0 Å². The Labute approximate surface area is 286 Å². The van der Waals surface area contributed by atoms with Crippen molar-refractivity contribution in [2.45, 2.75) is 64.3 Å². The van der Waals surface area contributed by atoms with Gasteiger partial charge < -0.3 is 34.1 Å². The number of halogens is 1. The van der Waals surface area contributed by atoms with E-state index in [4.69, 9.17) is 15.2 Å². The van der Waals surface area contributed by atoms with Gasteiger partial charge in [0.15, 0.2) is 11.6 Å². The van der Waals surface area contributed by atoms with Crippen LogP contribution in [-0.4, -0.2) is 109 Å². The number of anilines is 3. The van der Waals surface area contributed by atoms with Crippen molar-refractivity contribution >= 4 is 33.8 Å². The Hall–Kier alpha value is -4.44. The van der Waals surface area contributed by atoms with E-state index in [0.717, 1.165) is 25.1 Å². The van der Waals surface area contributed by atoms with Crippen LogP contribution in [0, 0.1) is 0 Å². The fourth-order valence-electron chi connectivity index (χ4n) is 6.88. The smallest absolute Gasteiger partial charge is 0.476 e. The van der Waals surface area contributed by atoms with Gasteiger partial charge in [-0.05, 0) is 64.8 Å². The van der Waals surface area contributed by atoms with E-state index in [1.54, 1.807) is 35.4 Å². The summed E-state index contributed by atoms with van der Waals surface area (Å²) in [6, 6.07) is 12.4. The number of fused-ring (bicyclic) bond motifs is 2. The van der Waals surface area contributed by atoms with Crippen LogP contribution in [0.3, 0.4) is 0 Å². The second-order valence-electron chi connectivity index (χ2n) is 13.7. The van der Waals surface area contributed by atoms with Crippen molar-refractivity contribution in [2.75, 3.05) is 61.4 Å². The highest BCUT2D eigenvalue weighted by molar-refractivity contribution is 7.81. The van der Waals surface area contributed by atoms with Gasteiger partial charge in [-0.15, -0.1) is 10.2 Å². The predicted octanol–water partition coefficient (Wildman–Crippen LogP) is 3.89. The van der Waals surface area contributed by atoms with Gasteiger partial charge in [0.2, 0.25) is 5.88 Å². The lowest BCUT2D eigenvalue weighted by atomic mass is 10.1. The van der Waals surface area contributed by atoms with Crippen LogP contribution in [0.25, 0.3) is 11.3 Å². The monoisotopic (exact) mass is 698 g/mol. The molecule has 2 aromatic heterocycles. The number of benzene rings is 1. The third-order valence-electron chi connectivity index (χ3n) is 9.04. The zero-order valence-electron chi connectivity index (χ0n) is 28.2. The summed E-state index contributed by atoms with van der Waals surface area (Å²) in [4.78, 5) is 25.6. The number of carbonyl (C=O) groups is 1. The molecule has 3 aliphatic heterocycles. The molecule has 6 rings (SSSR count). The molecule has 3 fully saturated rings. The lowest BCUT2D eigenvalue weighted by Gasteiger charge is -2.43. The molecule has 49 heavy (non-hydrogen) atoms. The number of rotatable bonds is 9. The van der Waals surface area contributed by atoms with Gasteiger partial charge >= 0.3 is 16.6 Å². The van der Waals surface area contributed by atoms with Gasteiger partial charge in [-0.3, -0.25) is 4.90 Å². The number of hydrogen-bond donors (Lipinski definition) is 1. The SMILES string of the molecule is C[C@@H]1CN(C(=O)OC(C)(C)C)CCN1CCOc1cc(N2[C@@H]3CC[C@@H]2CN(c2cc(-c4ccccc4OS(=O)(=O)F)nnc2N)C3)ccn1. The molecule has 3 atom stereocenters. The molecule has 1 amide bonds. The Kier molecular flexibility index (Phi) is 9.71. The van der Waals surface area contributed by atoms with Crippen LogP contribution in [0.2, 0.25) is 0 Å². The first kappa shape index (κ1) is 34.4. The van der Waals surface area contributed by atoms with Gasteiger partial charge in [-0.2, -0.15) is 8.42 Å². The molecule has 14 nitrogen and oxygen atoms in total. The number of carbonyl (C=O) groups excluding carboxylic acids is 1. The number of nitrogens with two attached hydrogens (primary N) is 1. The van der Waals surface area contributed by atoms with Crippen molar-refractivity contribution in [3.05, 3.63) is 48.7 Å². The molecule has 2 N–H and O–H groups in total. The molecule has 0 aliphatic carbocycles. The minimum atomic E-state index is -5.23. The highest BCUT2D eigenvalue weighted by Crippen LogP contribution is 2.39. The molecule has 0 unspecified atom stereocenters. The molecule has 5 heterocycles. The summed E-state index contributed by atoms with van der Waals surface area (Å²) in [5.41, 5.74) is 8.07. The normalized spacial score (nSPS) is 21.5. The molecule has 3 saturated heterocycles. The summed E-state index contributed by atoms with van der Waals surface area (Å²) in [5, 5.41) is 8.29. The first-order valence-corrected chi connectivity index (χ1v) is 17.8. The Morgan fingerprint density at radius 1 is 1.04 bits per heavy atom. The van der Waals surface area contributed by atoms with E-state index in [0.29, 0.717) is 56.6 Å². The number of nitrogen functional groups attached to an aromatic ring is 1. The Morgan fingerprint density at radius 2 is 1.78 bits per heavy atom. The third-order valence-corrected chi connectivity index (χ3v) is 9.42. The van der Waals surface area contributed by atoms with E-state index in [-0.39, 0.29) is 41.3 Å². The second kappa shape index (κ2) is 13.8. The average molecular weight is 699 g/mol. The molecule has 2 bridgehead atoms. The van der Waals surface area contributed by atoms with Gasteiger partial charge in [-0.25, -0.2) is 9.78 Å². The largest absolute Gasteiger partial charge is 0.488 e. The fraction of sp³-hybridized carbons (Fsp3) is 0.515. The molecule has 3 aromatic rings. The third kappa shape index (κ3) is 8.24. The van der Waals surface area contributed by atoms with Crippen LogP contribution in [0.15, 0.2) is 48.7 Å². The summed E-state index contributed by atoms with van der Waals surface area (Å²) in [6.07, 6.45) is 3.47. The highest BCUT2D eigenvalue weighted by Gasteiger charge is 2.41. The maximum atomic E-state index is 13.4. The van der Waals surface area contributed by atoms with Crippen LogP contribution < -0.4 is 24.5 Å². The first-order chi connectivity index (χ1) is 23.2. The molecule has 16 heteroatoms. The van der Waals surface area contributed by atoms with Crippen LogP contribution in [0.4, 0.5) is 25.9 Å². The molecule has 264 valence electrons. The topological polar surface area (TPSA) is 157 Å². The lowest BCUT2D eigenvalue weighted by Crippen LogP contribution is -2.55. The number of piperazine rings is 2. The molecular formula is C33H43FN8O6S. The number of amides is 1. The van der Waals surface area contributed by atoms with Crippen molar-refractivity contribution in [1.29, 1.82) is 0 Å². The fourth-order valence-corrected chi connectivity index (χ4v) is 7.24. The number of nitrogens with zero attached hydrogens (tertiary/aromatic N) is 7. The number of ether oxygens (including phenoxy) is 2. The van der Waals surface area contributed by atoms with Crippen LogP contribution >= 0.6 is 0 Å². The van der Waals surface area contributed by atoms with E-state index in [2.05, 4.69) is 41.0 Å². The van der Waals surface area contributed by atoms with E-state index < -0.39 is 16.1 Å². The molecule has 1 aromatic carbocycles. The highest BCUT2D eigenvalue weighted by atomic mass is 32.3. The predicted molar refractivity (Wildman–Crippen MR) is 183 cm³/mol. The molecule has 0 radical (unpaired) electrons. The maximum Gasteiger partial charge on any atom is 0.488 e. The molecule has 0 spiro atoms. The van der Waals surface area contributed by atoms with Crippen LogP contribution in [-0.2, 0) is 15.2 Å². The van der Waals surface area contributed by atoms with Crippen molar-refractivity contribution in [3.63, 3.8) is 0 Å². The van der Waals surface area contributed by atoms with Crippen molar-refractivity contribution in [2.24, 2.45) is 0 Å². The van der Waals surface area contributed by atoms with Gasteiger partial charge in [-0.1, -0.05) is 16.0 Å². The summed E-state index contributed by atoms with van der Waals surface area (Å²) in [5.74, 6) is 0.613. The van der Waals surface area contributed by atoms with E-state index in [1.165, 1.54) is 6.07 Å². The number of para-hydroxylation sites is 1. The van der Waals surface area contributed by atoms with Crippen LogP contribution in [0.1, 0.15) is 40.5 Å². The second-order valence-corrected chi connectivity index (χ2v) is 14.6. The minimum absolute atomic E-state index is 0.172. The maximum absolute atomic E-state index is 13.4. The molecule has 0 saturated carbocycles. The van der Waals surface area contributed by atoms with Gasteiger partial charge in [0, 0.05) is 80.9 Å². The summed E-state index contributed by atoms with van der Waals surface area (Å²) in [6.45, 7) is 12.2. The number of hydrogen-bond acceptors (Lipinski definition) is 13. The van der Waals surface area contributed by atoms with Crippen molar-refractivity contribution in [3.8, 4) is 22.9 Å². The summed E-state index contributed by atoms with van der Waals surface area (Å²) < 4.78 is 52.0. The van der Waals surface area contributed by atoms with Gasteiger partial charge in [0.25, 0.3) is 0 Å². The Morgan fingerprint density at radius 3 is 2.47 bits per heavy atom. The standard InChI is InChI=1S/C33H43FN8O6S/c1-22-19-40(32(43)47-33(2,3)4)14-13-39(22)15-16-46-30-17-23(11-12-36-30)42-24-9-10-25(42)21-41(20-24)28-18-27(37-38-31(28)35)26-7-5-6-8-29(26)48-49(34,44)45/h5-8,11-12,17-18,22,24-25H,9-10,13-16,19-21H2,1-4H3,(H2,35,38)/t22-,24-,25-/m1/s1. The van der Waals surface area contributed by atoms with Gasteiger partial charge in [0.1, 0.15) is 12.2 Å². The number of aromatic nitrogens is 3. The average Bonchev–Trinajstić information content (AvgIpc) is 3.30. The lowest BCUT2D eigenvalue weighted by molar-refractivity contribution is 0.00423. The summed E-state index contributed by atoms with van der Waals surface area (Å²) >= 11 is 0. The van der Waals surface area contributed by atoms with E-state index in [9.17, 15) is 17.1 Å². The van der Waals surface area contributed by atoms with Gasteiger partial charge in [0.05, 0.1) is 11.4 Å². The minimum Gasteiger partial charge on any atom is -0.476 e. The van der Waals surface area contributed by atoms with Crippen molar-refractivity contribution in [1.82, 2.24) is 25.0 Å². The quantitative estimate of drug-likeness (QED) is 0.322.